The van der Waals surface area contributed by atoms with E-state index in [1.54, 1.807) is 6.07 Å². The number of carbonyl (C=O) groups is 1. The number of anilines is 1. The number of hydrogen-bond donors (Lipinski definition) is 1. The van der Waals surface area contributed by atoms with Crippen molar-refractivity contribution in [1.29, 1.82) is 0 Å². The lowest BCUT2D eigenvalue weighted by Crippen LogP contribution is -2.32. The molecule has 1 heterocycles. The van der Waals surface area contributed by atoms with Crippen molar-refractivity contribution in [3.63, 3.8) is 0 Å². The fraction of sp³-hybridized carbons (Fsp3) is 0.500. The van der Waals surface area contributed by atoms with Gasteiger partial charge in [-0.2, -0.15) is 0 Å². The van der Waals surface area contributed by atoms with Crippen LogP contribution in [-0.4, -0.2) is 38.1 Å². The van der Waals surface area contributed by atoms with Crippen LogP contribution in [0.3, 0.4) is 0 Å². The van der Waals surface area contributed by atoms with Gasteiger partial charge in [0.25, 0.3) is 0 Å². The Morgan fingerprint density at radius 2 is 2.21 bits per heavy atom. The lowest BCUT2D eigenvalue weighted by atomic mass is 9.98. The smallest absolute Gasteiger partial charge is 0.211 e. The van der Waals surface area contributed by atoms with Gasteiger partial charge >= 0.3 is 0 Å². The van der Waals surface area contributed by atoms with Gasteiger partial charge in [-0.25, -0.2) is 4.39 Å². The summed E-state index contributed by atoms with van der Waals surface area (Å²) in [5.74, 6) is 0.647. The van der Waals surface area contributed by atoms with Crippen molar-refractivity contribution in [1.82, 2.24) is 4.90 Å². The third-order valence-electron chi connectivity index (χ3n) is 3.47. The van der Waals surface area contributed by atoms with Crippen LogP contribution in [0.1, 0.15) is 12.8 Å². The van der Waals surface area contributed by atoms with Crippen molar-refractivity contribution < 1.29 is 13.9 Å². The molecule has 1 fully saturated rings. The molecule has 1 aliphatic rings. The molecule has 1 amide bonds. The highest BCUT2D eigenvalue weighted by molar-refractivity contribution is 5.75. The highest BCUT2D eigenvalue weighted by atomic mass is 19.1. The average molecular weight is 266 g/mol. The molecule has 104 valence electrons. The summed E-state index contributed by atoms with van der Waals surface area (Å²) in [5, 5.41) is 2.46. The topological polar surface area (TPSA) is 41.6 Å². The second-order valence-corrected chi connectivity index (χ2v) is 4.96. The molecule has 0 bridgehead atoms. The number of rotatable bonds is 5. The zero-order valence-electron chi connectivity index (χ0n) is 11.1. The summed E-state index contributed by atoms with van der Waals surface area (Å²) >= 11 is 0. The third kappa shape index (κ3) is 3.92. The zero-order valence-corrected chi connectivity index (χ0v) is 11.1. The quantitative estimate of drug-likeness (QED) is 0.830. The Hall–Kier alpha value is -1.62. The maximum atomic E-state index is 13.1. The van der Waals surface area contributed by atoms with Gasteiger partial charge < -0.3 is 15.0 Å². The first-order valence-corrected chi connectivity index (χ1v) is 6.50. The van der Waals surface area contributed by atoms with Gasteiger partial charge in [-0.1, -0.05) is 0 Å². The normalized spacial score (nSPS) is 17.2. The molecule has 1 aromatic rings. The molecule has 5 heteroatoms. The largest absolute Gasteiger partial charge is 0.491 e. The van der Waals surface area contributed by atoms with Gasteiger partial charge in [-0.15, -0.1) is 0 Å². The van der Waals surface area contributed by atoms with E-state index in [-0.39, 0.29) is 0 Å². The van der Waals surface area contributed by atoms with Crippen molar-refractivity contribution in [3.05, 3.63) is 24.0 Å². The molecular formula is C14H19FN2O2. The maximum Gasteiger partial charge on any atom is 0.211 e. The highest BCUT2D eigenvalue weighted by Crippen LogP contribution is 2.26. The maximum absolute atomic E-state index is 13.1. The molecule has 1 saturated heterocycles. The summed E-state index contributed by atoms with van der Waals surface area (Å²) in [6.07, 6.45) is 2.74. The molecule has 1 aliphatic heterocycles. The number of carbonyl (C=O) groups excluding carboxylic acids is 1. The van der Waals surface area contributed by atoms with Gasteiger partial charge in [0, 0.05) is 6.07 Å². The molecule has 0 unspecified atom stereocenters. The van der Waals surface area contributed by atoms with Crippen molar-refractivity contribution in [2.45, 2.75) is 12.8 Å². The molecule has 0 aromatic heterocycles. The van der Waals surface area contributed by atoms with Crippen LogP contribution < -0.4 is 10.1 Å². The minimum Gasteiger partial charge on any atom is -0.491 e. The van der Waals surface area contributed by atoms with E-state index >= 15 is 0 Å². The highest BCUT2D eigenvalue weighted by Gasteiger charge is 2.17. The predicted octanol–water partition coefficient (Wildman–Crippen LogP) is 2.11. The van der Waals surface area contributed by atoms with Crippen LogP contribution in [0, 0.1) is 11.7 Å². The van der Waals surface area contributed by atoms with Gasteiger partial charge in [-0.05, 0) is 51.0 Å². The molecule has 0 radical (unpaired) electrons. The Kier molecular flexibility index (Phi) is 4.74. The number of hydrogen-bond acceptors (Lipinski definition) is 3. The fourth-order valence-electron chi connectivity index (χ4n) is 2.24. The molecule has 4 nitrogen and oxygen atoms in total. The number of nitrogens with zero attached hydrogens (tertiary/aromatic N) is 1. The average Bonchev–Trinajstić information content (AvgIpc) is 2.40. The van der Waals surface area contributed by atoms with Crippen molar-refractivity contribution in [2.75, 3.05) is 32.1 Å². The van der Waals surface area contributed by atoms with Crippen molar-refractivity contribution in [2.24, 2.45) is 5.92 Å². The first kappa shape index (κ1) is 13.8. The van der Waals surface area contributed by atoms with Crippen LogP contribution in [0.4, 0.5) is 10.1 Å². The van der Waals surface area contributed by atoms with E-state index in [2.05, 4.69) is 17.3 Å². The van der Waals surface area contributed by atoms with Crippen molar-refractivity contribution >= 4 is 12.1 Å². The summed E-state index contributed by atoms with van der Waals surface area (Å²) in [5.41, 5.74) is 0.378. The Labute approximate surface area is 112 Å². The molecule has 0 aliphatic carbocycles. The molecular weight excluding hydrogens is 247 g/mol. The standard InChI is InChI=1S/C14H19FN2O2/c1-17-6-4-11(5-7-17)9-19-14-3-2-12(15)8-13(14)16-10-18/h2-3,8,10-11H,4-7,9H2,1H3,(H,16,18). The van der Waals surface area contributed by atoms with E-state index in [1.165, 1.54) is 12.1 Å². The number of amides is 1. The van der Waals surface area contributed by atoms with E-state index in [0.717, 1.165) is 25.9 Å². The van der Waals surface area contributed by atoms with Gasteiger partial charge in [-0.3, -0.25) is 4.79 Å². The molecule has 2 rings (SSSR count). The lowest BCUT2D eigenvalue weighted by molar-refractivity contribution is -0.105. The zero-order chi connectivity index (χ0) is 13.7. The van der Waals surface area contributed by atoms with Gasteiger partial charge in [0.1, 0.15) is 11.6 Å². The van der Waals surface area contributed by atoms with E-state index in [4.69, 9.17) is 4.74 Å². The summed E-state index contributed by atoms with van der Waals surface area (Å²) in [6.45, 7) is 2.76. The third-order valence-corrected chi connectivity index (χ3v) is 3.47. The minimum absolute atomic E-state index is 0.378. The number of likely N-dealkylation sites (tertiary alicyclic amines) is 1. The second-order valence-electron chi connectivity index (χ2n) is 4.96. The predicted molar refractivity (Wildman–Crippen MR) is 71.8 cm³/mol. The van der Waals surface area contributed by atoms with Crippen LogP contribution in [0.15, 0.2) is 18.2 Å². The first-order chi connectivity index (χ1) is 9.19. The van der Waals surface area contributed by atoms with E-state index in [1.807, 2.05) is 0 Å². The molecule has 0 atom stereocenters. The van der Waals surface area contributed by atoms with Gasteiger partial charge in [0.2, 0.25) is 6.41 Å². The molecule has 1 aromatic carbocycles. The molecule has 19 heavy (non-hydrogen) atoms. The Balaban J connectivity index is 1.93. The molecule has 1 N–H and O–H groups in total. The minimum atomic E-state index is -0.393. The number of piperidine rings is 1. The van der Waals surface area contributed by atoms with E-state index in [0.29, 0.717) is 30.4 Å². The summed E-state index contributed by atoms with van der Waals surface area (Å²) in [4.78, 5) is 12.8. The number of halogens is 1. The Morgan fingerprint density at radius 1 is 1.47 bits per heavy atom. The first-order valence-electron chi connectivity index (χ1n) is 6.50. The number of benzene rings is 1. The summed E-state index contributed by atoms with van der Waals surface area (Å²) in [6, 6.07) is 4.15. The summed E-state index contributed by atoms with van der Waals surface area (Å²) < 4.78 is 18.8. The van der Waals surface area contributed by atoms with E-state index in [9.17, 15) is 9.18 Å². The number of nitrogens with one attached hydrogen (secondary N) is 1. The summed E-state index contributed by atoms with van der Waals surface area (Å²) in [7, 11) is 2.11. The fourth-order valence-corrected chi connectivity index (χ4v) is 2.24. The second kappa shape index (κ2) is 6.52. The monoisotopic (exact) mass is 266 g/mol. The Morgan fingerprint density at radius 3 is 2.89 bits per heavy atom. The van der Waals surface area contributed by atoms with Crippen LogP contribution in [0.25, 0.3) is 0 Å². The van der Waals surface area contributed by atoms with Gasteiger partial charge in [0.15, 0.2) is 0 Å². The van der Waals surface area contributed by atoms with Crippen LogP contribution in [0.5, 0.6) is 5.75 Å². The number of ether oxygens (including phenoxy) is 1. The van der Waals surface area contributed by atoms with Crippen molar-refractivity contribution in [3.8, 4) is 5.75 Å². The van der Waals surface area contributed by atoms with Gasteiger partial charge in [0.05, 0.1) is 12.3 Å². The van der Waals surface area contributed by atoms with Crippen LogP contribution >= 0.6 is 0 Å². The molecule has 0 saturated carbocycles. The molecule has 0 spiro atoms. The Bertz CT molecular complexity index is 431. The SMILES string of the molecule is CN1CCC(COc2ccc(F)cc2NC=O)CC1. The van der Waals surface area contributed by atoms with Crippen LogP contribution in [-0.2, 0) is 4.79 Å². The van der Waals surface area contributed by atoms with E-state index < -0.39 is 5.82 Å². The lowest BCUT2D eigenvalue weighted by Gasteiger charge is -2.28. The van der Waals surface area contributed by atoms with Crippen LogP contribution in [0.2, 0.25) is 0 Å².